The summed E-state index contributed by atoms with van der Waals surface area (Å²) in [6.45, 7) is 2.78. The highest BCUT2D eigenvalue weighted by atomic mass is 16.2. The van der Waals surface area contributed by atoms with E-state index in [9.17, 15) is 4.79 Å². The van der Waals surface area contributed by atoms with Crippen LogP contribution in [-0.4, -0.2) is 18.4 Å². The molecule has 18 heavy (non-hydrogen) atoms. The van der Waals surface area contributed by atoms with E-state index in [1.165, 1.54) is 0 Å². The number of benzene rings is 1. The number of aliphatic imine (C=N–C) groups is 1. The standard InChI is InChI=1S/C14H19N3O/c1-2-3-11-16-13(17-14(15)18)10-9-12-7-5-4-6-8-12/h4-10H,2-3,11H2,1H3,(H3,15,16,17,18). The number of urea groups is 1. The number of amides is 2. The molecule has 0 aromatic heterocycles. The lowest BCUT2D eigenvalue weighted by atomic mass is 10.2. The van der Waals surface area contributed by atoms with Gasteiger partial charge in [-0.15, -0.1) is 0 Å². The first-order chi connectivity index (χ1) is 8.72. The van der Waals surface area contributed by atoms with Crippen LogP contribution in [0.3, 0.4) is 0 Å². The summed E-state index contributed by atoms with van der Waals surface area (Å²) in [6.07, 6.45) is 5.70. The number of hydrogen-bond donors (Lipinski definition) is 2. The fraction of sp³-hybridized carbons (Fsp3) is 0.286. The SMILES string of the molecule is CCCCN=C(C=Cc1ccccc1)NC(N)=O. The van der Waals surface area contributed by atoms with Crippen molar-refractivity contribution in [3.63, 3.8) is 0 Å². The van der Waals surface area contributed by atoms with Crippen molar-refractivity contribution in [1.29, 1.82) is 0 Å². The summed E-state index contributed by atoms with van der Waals surface area (Å²) in [6, 6.07) is 9.22. The van der Waals surface area contributed by atoms with E-state index in [1.54, 1.807) is 6.08 Å². The summed E-state index contributed by atoms with van der Waals surface area (Å²) in [5.74, 6) is 0.500. The minimum absolute atomic E-state index is 0.500. The molecule has 0 atom stereocenters. The highest BCUT2D eigenvalue weighted by Gasteiger charge is 1.97. The molecule has 0 aliphatic rings. The maximum absolute atomic E-state index is 10.9. The first kappa shape index (κ1) is 14.0. The average molecular weight is 245 g/mol. The van der Waals surface area contributed by atoms with Gasteiger partial charge in [0.25, 0.3) is 0 Å². The van der Waals surface area contributed by atoms with Crippen molar-refractivity contribution in [3.05, 3.63) is 42.0 Å². The van der Waals surface area contributed by atoms with E-state index in [-0.39, 0.29) is 0 Å². The Morgan fingerprint density at radius 2 is 2.11 bits per heavy atom. The molecule has 0 fully saturated rings. The highest BCUT2D eigenvalue weighted by Crippen LogP contribution is 2.01. The third-order valence-corrected chi connectivity index (χ3v) is 2.28. The molecule has 1 rings (SSSR count). The Bertz CT molecular complexity index is 424. The molecule has 0 saturated heterocycles. The number of unbranched alkanes of at least 4 members (excludes halogenated alkanes) is 1. The number of nitrogens with zero attached hydrogens (tertiary/aromatic N) is 1. The largest absolute Gasteiger partial charge is 0.351 e. The van der Waals surface area contributed by atoms with Gasteiger partial charge in [-0.3, -0.25) is 10.3 Å². The number of carbonyl (C=O) groups excluding carboxylic acids is 1. The second kappa shape index (κ2) is 8.06. The quantitative estimate of drug-likeness (QED) is 0.467. The van der Waals surface area contributed by atoms with Crippen molar-refractivity contribution in [2.75, 3.05) is 6.54 Å². The monoisotopic (exact) mass is 245 g/mol. The van der Waals surface area contributed by atoms with E-state index >= 15 is 0 Å². The molecule has 3 N–H and O–H groups in total. The van der Waals surface area contributed by atoms with E-state index in [2.05, 4.69) is 17.2 Å². The van der Waals surface area contributed by atoms with Crippen LogP contribution in [0.25, 0.3) is 6.08 Å². The number of amidine groups is 1. The molecule has 96 valence electrons. The van der Waals surface area contributed by atoms with Crippen LogP contribution in [0.4, 0.5) is 4.79 Å². The van der Waals surface area contributed by atoms with Crippen molar-refractivity contribution in [3.8, 4) is 0 Å². The Morgan fingerprint density at radius 3 is 2.72 bits per heavy atom. The van der Waals surface area contributed by atoms with Gasteiger partial charge in [0.2, 0.25) is 0 Å². The van der Waals surface area contributed by atoms with Crippen molar-refractivity contribution < 1.29 is 4.79 Å². The molecular weight excluding hydrogens is 226 g/mol. The summed E-state index contributed by atoms with van der Waals surface area (Å²) >= 11 is 0. The zero-order valence-electron chi connectivity index (χ0n) is 10.6. The number of rotatable bonds is 5. The van der Waals surface area contributed by atoms with Gasteiger partial charge in [-0.1, -0.05) is 49.8 Å². The normalized spacial score (nSPS) is 11.7. The Hall–Kier alpha value is -2.10. The Morgan fingerprint density at radius 1 is 1.39 bits per heavy atom. The molecule has 4 nitrogen and oxygen atoms in total. The van der Waals surface area contributed by atoms with Crippen molar-refractivity contribution in [2.45, 2.75) is 19.8 Å². The van der Waals surface area contributed by atoms with Gasteiger partial charge < -0.3 is 5.73 Å². The molecule has 1 aromatic carbocycles. The molecule has 0 unspecified atom stereocenters. The maximum atomic E-state index is 10.9. The maximum Gasteiger partial charge on any atom is 0.317 e. The van der Waals surface area contributed by atoms with Gasteiger partial charge in [0.05, 0.1) is 0 Å². The topological polar surface area (TPSA) is 67.5 Å². The zero-order chi connectivity index (χ0) is 13.2. The van der Waals surface area contributed by atoms with Gasteiger partial charge in [0.1, 0.15) is 5.84 Å². The van der Waals surface area contributed by atoms with Gasteiger partial charge >= 0.3 is 6.03 Å². The van der Waals surface area contributed by atoms with Crippen LogP contribution in [-0.2, 0) is 0 Å². The minimum Gasteiger partial charge on any atom is -0.351 e. The second-order valence-corrected chi connectivity index (χ2v) is 3.85. The zero-order valence-corrected chi connectivity index (χ0v) is 10.6. The Labute approximate surface area is 108 Å². The second-order valence-electron chi connectivity index (χ2n) is 3.85. The highest BCUT2D eigenvalue weighted by molar-refractivity contribution is 6.05. The van der Waals surface area contributed by atoms with Crippen LogP contribution in [0.1, 0.15) is 25.3 Å². The van der Waals surface area contributed by atoms with E-state index in [1.807, 2.05) is 36.4 Å². The van der Waals surface area contributed by atoms with Crippen LogP contribution in [0, 0.1) is 0 Å². The molecule has 0 bridgehead atoms. The van der Waals surface area contributed by atoms with E-state index in [0.717, 1.165) is 18.4 Å². The fourth-order valence-electron chi connectivity index (χ4n) is 1.36. The lowest BCUT2D eigenvalue weighted by Crippen LogP contribution is -2.34. The van der Waals surface area contributed by atoms with Gasteiger partial charge in [0, 0.05) is 6.54 Å². The summed E-state index contributed by atoms with van der Waals surface area (Å²) < 4.78 is 0. The van der Waals surface area contributed by atoms with Gasteiger partial charge in [-0.05, 0) is 18.1 Å². The molecule has 2 amide bonds. The predicted molar refractivity (Wildman–Crippen MR) is 75.4 cm³/mol. The lowest BCUT2D eigenvalue weighted by molar-refractivity contribution is 0.253. The van der Waals surface area contributed by atoms with Gasteiger partial charge in [0.15, 0.2) is 0 Å². The Kier molecular flexibility index (Phi) is 6.25. The first-order valence-electron chi connectivity index (χ1n) is 6.06. The molecule has 0 aliphatic heterocycles. The van der Waals surface area contributed by atoms with Crippen LogP contribution in [0.2, 0.25) is 0 Å². The van der Waals surface area contributed by atoms with E-state index < -0.39 is 6.03 Å². The molecule has 0 radical (unpaired) electrons. The lowest BCUT2D eigenvalue weighted by Gasteiger charge is -2.02. The van der Waals surface area contributed by atoms with Crippen molar-refractivity contribution in [1.82, 2.24) is 5.32 Å². The van der Waals surface area contributed by atoms with Crippen LogP contribution in [0.15, 0.2) is 41.4 Å². The van der Waals surface area contributed by atoms with Gasteiger partial charge in [-0.2, -0.15) is 0 Å². The average Bonchev–Trinajstić information content (AvgIpc) is 2.37. The summed E-state index contributed by atoms with van der Waals surface area (Å²) in [7, 11) is 0. The number of nitrogens with one attached hydrogen (secondary N) is 1. The number of hydrogen-bond acceptors (Lipinski definition) is 2. The predicted octanol–water partition coefficient (Wildman–Crippen LogP) is 2.57. The van der Waals surface area contributed by atoms with Crippen LogP contribution >= 0.6 is 0 Å². The number of primary amides is 1. The number of carbonyl (C=O) groups is 1. The van der Waals surface area contributed by atoms with Crippen molar-refractivity contribution >= 4 is 17.9 Å². The van der Waals surface area contributed by atoms with Crippen molar-refractivity contribution in [2.24, 2.45) is 10.7 Å². The smallest absolute Gasteiger partial charge is 0.317 e. The third kappa shape index (κ3) is 5.84. The number of nitrogens with two attached hydrogens (primary N) is 1. The summed E-state index contributed by atoms with van der Waals surface area (Å²) in [5, 5.41) is 2.51. The Balaban J connectivity index is 2.68. The molecule has 0 spiro atoms. The summed E-state index contributed by atoms with van der Waals surface area (Å²) in [5.41, 5.74) is 6.15. The summed E-state index contributed by atoms with van der Waals surface area (Å²) in [4.78, 5) is 15.1. The first-order valence-corrected chi connectivity index (χ1v) is 6.06. The molecule has 4 heteroatoms. The minimum atomic E-state index is -0.594. The molecule has 0 saturated carbocycles. The fourth-order valence-corrected chi connectivity index (χ4v) is 1.36. The molecule has 0 aliphatic carbocycles. The van der Waals surface area contributed by atoms with Gasteiger partial charge in [-0.25, -0.2) is 4.79 Å². The third-order valence-electron chi connectivity index (χ3n) is 2.28. The van der Waals surface area contributed by atoms with Crippen LogP contribution < -0.4 is 11.1 Å². The van der Waals surface area contributed by atoms with Crippen LogP contribution in [0.5, 0.6) is 0 Å². The van der Waals surface area contributed by atoms with E-state index in [0.29, 0.717) is 12.4 Å². The van der Waals surface area contributed by atoms with E-state index in [4.69, 9.17) is 5.73 Å². The molecule has 0 heterocycles. The molecule has 1 aromatic rings. The molecular formula is C14H19N3O.